The third kappa shape index (κ3) is 6.31. The van der Waals surface area contributed by atoms with E-state index in [-0.39, 0.29) is 4.90 Å². The van der Waals surface area contributed by atoms with Crippen LogP contribution >= 0.6 is 34.8 Å². The minimum absolute atomic E-state index is 0.0502. The number of hydrazone groups is 1. The molecule has 1 amide bonds. The standard InChI is InChI=1S/C28H25Cl3N4O3S/c1-18-12-21(20(3)35(18)24-14-22(29)13-23(30)15-24)16-32-33-28(36)17-34(27-11-7-10-26(31)19(27)2)39(37,38)25-8-5-4-6-9-25/h4-16H,17H2,1-3H3,(H,33,36)/b32-16-. The summed E-state index contributed by atoms with van der Waals surface area (Å²) in [5.41, 5.74) is 6.59. The van der Waals surface area contributed by atoms with Gasteiger partial charge in [-0.25, -0.2) is 13.8 Å². The molecule has 0 spiro atoms. The lowest BCUT2D eigenvalue weighted by Gasteiger charge is -2.25. The smallest absolute Gasteiger partial charge is 0.264 e. The molecule has 1 N–H and O–H groups in total. The van der Waals surface area contributed by atoms with Crippen LogP contribution in [0.5, 0.6) is 0 Å². The van der Waals surface area contributed by atoms with Crippen LogP contribution in [0.1, 0.15) is 22.5 Å². The molecule has 0 bridgehead atoms. The first-order valence-corrected chi connectivity index (χ1v) is 14.4. The van der Waals surface area contributed by atoms with Crippen LogP contribution in [0.2, 0.25) is 15.1 Å². The van der Waals surface area contributed by atoms with Gasteiger partial charge in [0.1, 0.15) is 6.54 Å². The molecular formula is C28H25Cl3N4O3S. The molecule has 0 aliphatic heterocycles. The van der Waals surface area contributed by atoms with E-state index in [9.17, 15) is 13.2 Å². The molecule has 7 nitrogen and oxygen atoms in total. The Bertz CT molecular complexity index is 1650. The van der Waals surface area contributed by atoms with E-state index in [0.717, 1.165) is 26.9 Å². The monoisotopic (exact) mass is 602 g/mol. The average molecular weight is 604 g/mol. The Balaban J connectivity index is 1.58. The zero-order valence-electron chi connectivity index (χ0n) is 21.3. The Morgan fingerprint density at radius 1 is 0.949 bits per heavy atom. The van der Waals surface area contributed by atoms with Gasteiger partial charge in [-0.2, -0.15) is 5.10 Å². The number of amides is 1. The van der Waals surface area contributed by atoms with Crippen LogP contribution < -0.4 is 9.73 Å². The van der Waals surface area contributed by atoms with Gasteiger partial charge in [-0.3, -0.25) is 9.10 Å². The second-order valence-corrected chi connectivity index (χ2v) is 11.9. The largest absolute Gasteiger partial charge is 0.318 e. The SMILES string of the molecule is Cc1c(Cl)cccc1N(CC(=O)N/N=C\c1cc(C)n(-c2cc(Cl)cc(Cl)c2)c1C)S(=O)(=O)c1ccccc1. The van der Waals surface area contributed by atoms with Crippen molar-refractivity contribution in [2.45, 2.75) is 25.7 Å². The Morgan fingerprint density at radius 2 is 1.62 bits per heavy atom. The number of anilines is 1. The fourth-order valence-electron chi connectivity index (χ4n) is 4.21. The number of aryl methyl sites for hydroxylation is 1. The van der Waals surface area contributed by atoms with Crippen LogP contribution in [0, 0.1) is 20.8 Å². The van der Waals surface area contributed by atoms with Gasteiger partial charge in [-0.05, 0) is 74.9 Å². The summed E-state index contributed by atoms with van der Waals surface area (Å²) in [5, 5.41) is 5.50. The van der Waals surface area contributed by atoms with Gasteiger partial charge in [0.05, 0.1) is 16.8 Å². The van der Waals surface area contributed by atoms with Crippen molar-refractivity contribution in [2.24, 2.45) is 5.10 Å². The number of rotatable bonds is 8. The van der Waals surface area contributed by atoms with Gasteiger partial charge >= 0.3 is 0 Å². The zero-order valence-corrected chi connectivity index (χ0v) is 24.4. The summed E-state index contributed by atoms with van der Waals surface area (Å²) in [4.78, 5) is 13.0. The van der Waals surface area contributed by atoms with Crippen molar-refractivity contribution in [3.63, 3.8) is 0 Å². The van der Waals surface area contributed by atoms with E-state index in [0.29, 0.717) is 26.3 Å². The number of carbonyl (C=O) groups is 1. The van der Waals surface area contributed by atoms with Crippen molar-refractivity contribution in [1.82, 2.24) is 9.99 Å². The lowest BCUT2D eigenvalue weighted by molar-refractivity contribution is -0.119. The van der Waals surface area contributed by atoms with E-state index >= 15 is 0 Å². The number of carbonyl (C=O) groups excluding carboxylic acids is 1. The maximum Gasteiger partial charge on any atom is 0.264 e. The molecule has 0 atom stereocenters. The summed E-state index contributed by atoms with van der Waals surface area (Å²) in [5.74, 6) is -0.624. The van der Waals surface area contributed by atoms with Gasteiger partial charge in [-0.15, -0.1) is 0 Å². The zero-order chi connectivity index (χ0) is 28.3. The molecule has 0 saturated carbocycles. The van der Waals surface area contributed by atoms with E-state index < -0.39 is 22.5 Å². The third-order valence-corrected chi connectivity index (χ3v) is 8.71. The maximum atomic E-state index is 13.5. The summed E-state index contributed by atoms with van der Waals surface area (Å²) in [6.45, 7) is 5.03. The van der Waals surface area contributed by atoms with Crippen molar-refractivity contribution < 1.29 is 13.2 Å². The molecule has 1 aromatic heterocycles. The van der Waals surface area contributed by atoms with Gasteiger partial charge in [0.2, 0.25) is 0 Å². The molecular weight excluding hydrogens is 579 g/mol. The highest BCUT2D eigenvalue weighted by Crippen LogP contribution is 2.31. The molecule has 0 fully saturated rings. The molecule has 0 aliphatic carbocycles. The number of hydrogen-bond acceptors (Lipinski definition) is 4. The van der Waals surface area contributed by atoms with E-state index in [1.165, 1.54) is 18.3 Å². The van der Waals surface area contributed by atoms with E-state index in [4.69, 9.17) is 34.8 Å². The number of nitrogens with one attached hydrogen (secondary N) is 1. The van der Waals surface area contributed by atoms with Crippen LogP contribution in [-0.4, -0.2) is 31.7 Å². The minimum Gasteiger partial charge on any atom is -0.318 e. The van der Waals surface area contributed by atoms with Crippen molar-refractivity contribution in [1.29, 1.82) is 0 Å². The van der Waals surface area contributed by atoms with E-state index in [2.05, 4.69) is 10.5 Å². The molecule has 4 rings (SSSR count). The lowest BCUT2D eigenvalue weighted by atomic mass is 10.2. The summed E-state index contributed by atoms with van der Waals surface area (Å²) in [7, 11) is -4.08. The topological polar surface area (TPSA) is 83.8 Å². The van der Waals surface area contributed by atoms with Gasteiger partial charge in [-0.1, -0.05) is 59.1 Å². The predicted octanol–water partition coefficient (Wildman–Crippen LogP) is 6.71. The Hall–Kier alpha value is -3.30. The number of halogens is 3. The summed E-state index contributed by atoms with van der Waals surface area (Å²) in [6.07, 6.45) is 1.50. The number of hydrogen-bond donors (Lipinski definition) is 1. The normalized spacial score (nSPS) is 11.6. The summed E-state index contributed by atoms with van der Waals surface area (Å²) >= 11 is 18.6. The molecule has 202 valence electrons. The van der Waals surface area contributed by atoms with E-state index in [1.807, 2.05) is 24.5 Å². The fraction of sp³-hybridized carbons (Fsp3) is 0.143. The van der Waals surface area contributed by atoms with Gasteiger partial charge in [0.25, 0.3) is 15.9 Å². The molecule has 0 saturated heterocycles. The van der Waals surface area contributed by atoms with Crippen LogP contribution in [0.25, 0.3) is 5.69 Å². The first kappa shape index (κ1) is 28.7. The molecule has 1 heterocycles. The number of nitrogens with zero attached hydrogens (tertiary/aromatic N) is 3. The highest BCUT2D eigenvalue weighted by atomic mass is 35.5. The number of sulfonamides is 1. The molecule has 0 aliphatic rings. The minimum atomic E-state index is -4.08. The Morgan fingerprint density at radius 3 is 2.28 bits per heavy atom. The van der Waals surface area contributed by atoms with Gasteiger partial charge in [0.15, 0.2) is 0 Å². The Labute approximate surface area is 242 Å². The Kier molecular flexibility index (Phi) is 8.71. The molecule has 0 radical (unpaired) electrons. The molecule has 3 aromatic carbocycles. The third-order valence-electron chi connectivity index (χ3n) is 6.09. The van der Waals surface area contributed by atoms with Crippen molar-refractivity contribution in [3.05, 3.63) is 110 Å². The van der Waals surface area contributed by atoms with E-state index in [1.54, 1.807) is 61.5 Å². The molecule has 39 heavy (non-hydrogen) atoms. The average Bonchev–Trinajstić information content (AvgIpc) is 3.17. The first-order chi connectivity index (χ1) is 18.5. The highest BCUT2D eigenvalue weighted by molar-refractivity contribution is 7.92. The second-order valence-electron chi connectivity index (χ2n) is 8.79. The van der Waals surface area contributed by atoms with Crippen molar-refractivity contribution >= 4 is 62.6 Å². The molecule has 0 unspecified atom stereocenters. The highest BCUT2D eigenvalue weighted by Gasteiger charge is 2.28. The quantitative estimate of drug-likeness (QED) is 0.180. The van der Waals surface area contributed by atoms with Gasteiger partial charge in [0, 0.05) is 37.7 Å². The van der Waals surface area contributed by atoms with Crippen LogP contribution in [0.15, 0.2) is 82.8 Å². The number of benzene rings is 3. The molecule has 4 aromatic rings. The molecule has 11 heteroatoms. The summed E-state index contributed by atoms with van der Waals surface area (Å²) < 4.78 is 30.1. The number of aromatic nitrogens is 1. The van der Waals surface area contributed by atoms with Crippen LogP contribution in [-0.2, 0) is 14.8 Å². The van der Waals surface area contributed by atoms with Crippen molar-refractivity contribution in [2.75, 3.05) is 10.8 Å². The predicted molar refractivity (Wildman–Crippen MR) is 158 cm³/mol. The second kappa shape index (κ2) is 11.8. The fourth-order valence-corrected chi connectivity index (χ4v) is 6.39. The van der Waals surface area contributed by atoms with Crippen molar-refractivity contribution in [3.8, 4) is 5.69 Å². The van der Waals surface area contributed by atoms with Crippen LogP contribution in [0.4, 0.5) is 5.69 Å². The van der Waals surface area contributed by atoms with Gasteiger partial charge < -0.3 is 4.57 Å². The lowest BCUT2D eigenvalue weighted by Crippen LogP contribution is -2.40. The first-order valence-electron chi connectivity index (χ1n) is 11.8. The summed E-state index contributed by atoms with van der Waals surface area (Å²) in [6, 6.07) is 20.0. The van der Waals surface area contributed by atoms with Crippen LogP contribution in [0.3, 0.4) is 0 Å². The maximum absolute atomic E-state index is 13.5.